The van der Waals surface area contributed by atoms with Gasteiger partial charge in [-0.25, -0.2) is 0 Å². The van der Waals surface area contributed by atoms with Gasteiger partial charge in [-0.2, -0.15) is 5.10 Å². The second-order valence-corrected chi connectivity index (χ2v) is 4.28. The molecule has 1 aromatic heterocycles. The Kier molecular flexibility index (Phi) is 3.75. The van der Waals surface area contributed by atoms with E-state index in [4.69, 9.17) is 0 Å². The molecule has 0 amide bonds. The van der Waals surface area contributed by atoms with E-state index >= 15 is 0 Å². The minimum atomic E-state index is 0.840. The number of rotatable bonds is 5. The quantitative estimate of drug-likeness (QED) is 0.761. The van der Waals surface area contributed by atoms with Crippen LogP contribution in [-0.2, 0) is 6.54 Å². The molecule has 15 heavy (non-hydrogen) atoms. The van der Waals surface area contributed by atoms with Crippen LogP contribution in [-0.4, -0.2) is 47.9 Å². The number of hydrogen-bond donors (Lipinski definition) is 1. The summed E-state index contributed by atoms with van der Waals surface area (Å²) in [6.45, 7) is 5.77. The van der Waals surface area contributed by atoms with Crippen molar-refractivity contribution in [3.63, 3.8) is 0 Å². The fourth-order valence-corrected chi connectivity index (χ4v) is 2.25. The van der Waals surface area contributed by atoms with Crippen LogP contribution in [0.15, 0.2) is 18.5 Å². The van der Waals surface area contributed by atoms with E-state index < -0.39 is 0 Å². The summed E-state index contributed by atoms with van der Waals surface area (Å²) >= 11 is 0. The van der Waals surface area contributed by atoms with Gasteiger partial charge in [0.25, 0.3) is 0 Å². The van der Waals surface area contributed by atoms with Crippen LogP contribution >= 0.6 is 0 Å². The molecule has 1 aliphatic heterocycles. The molecule has 4 heteroatoms. The fourth-order valence-electron chi connectivity index (χ4n) is 2.25. The molecule has 1 fully saturated rings. The molecule has 0 saturated carbocycles. The molecule has 0 aromatic carbocycles. The first-order chi connectivity index (χ1) is 7.38. The molecule has 1 saturated heterocycles. The molecule has 1 aromatic rings. The minimum Gasteiger partial charge on any atom is -0.319 e. The van der Waals surface area contributed by atoms with E-state index in [1.54, 1.807) is 0 Å². The lowest BCUT2D eigenvalue weighted by Crippen LogP contribution is -2.27. The third-order valence-corrected chi connectivity index (χ3v) is 3.07. The van der Waals surface area contributed by atoms with Gasteiger partial charge < -0.3 is 10.2 Å². The van der Waals surface area contributed by atoms with Crippen LogP contribution in [0.5, 0.6) is 0 Å². The summed E-state index contributed by atoms with van der Waals surface area (Å²) in [4.78, 5) is 2.53. The number of nitrogens with zero attached hydrogens (tertiary/aromatic N) is 3. The largest absolute Gasteiger partial charge is 0.319 e. The van der Waals surface area contributed by atoms with Crippen LogP contribution < -0.4 is 5.32 Å². The molecule has 0 radical (unpaired) electrons. The van der Waals surface area contributed by atoms with Crippen molar-refractivity contribution < 1.29 is 0 Å². The SMILES string of the molecule is CNCC1CCN(CCn2cccn2)C1. The van der Waals surface area contributed by atoms with E-state index in [1.165, 1.54) is 19.5 Å². The van der Waals surface area contributed by atoms with Crippen molar-refractivity contribution >= 4 is 0 Å². The van der Waals surface area contributed by atoms with Crippen molar-refractivity contribution in [3.8, 4) is 0 Å². The van der Waals surface area contributed by atoms with Gasteiger partial charge >= 0.3 is 0 Å². The van der Waals surface area contributed by atoms with Gasteiger partial charge in [-0.15, -0.1) is 0 Å². The molecule has 1 unspecified atom stereocenters. The Morgan fingerprint density at radius 1 is 1.47 bits per heavy atom. The Hall–Kier alpha value is -0.870. The summed E-state index contributed by atoms with van der Waals surface area (Å²) in [5, 5.41) is 7.47. The van der Waals surface area contributed by atoms with Crippen molar-refractivity contribution in [2.45, 2.75) is 13.0 Å². The summed E-state index contributed by atoms with van der Waals surface area (Å²) in [6, 6.07) is 1.98. The molecule has 84 valence electrons. The molecule has 2 rings (SSSR count). The van der Waals surface area contributed by atoms with Crippen molar-refractivity contribution in [1.82, 2.24) is 20.0 Å². The predicted octanol–water partition coefficient (Wildman–Crippen LogP) is 0.424. The van der Waals surface area contributed by atoms with Gasteiger partial charge in [-0.3, -0.25) is 4.68 Å². The van der Waals surface area contributed by atoms with Crippen molar-refractivity contribution in [1.29, 1.82) is 0 Å². The van der Waals surface area contributed by atoms with Gasteiger partial charge in [0.1, 0.15) is 0 Å². The molecular weight excluding hydrogens is 188 g/mol. The van der Waals surface area contributed by atoms with Gasteiger partial charge in [-0.1, -0.05) is 0 Å². The zero-order chi connectivity index (χ0) is 10.5. The third kappa shape index (κ3) is 3.04. The lowest BCUT2D eigenvalue weighted by atomic mass is 10.1. The zero-order valence-electron chi connectivity index (χ0n) is 9.39. The average Bonchev–Trinajstić information content (AvgIpc) is 2.85. The van der Waals surface area contributed by atoms with Gasteiger partial charge in [0.05, 0.1) is 6.54 Å². The lowest BCUT2D eigenvalue weighted by molar-refractivity contribution is 0.302. The van der Waals surface area contributed by atoms with Gasteiger partial charge in [-0.05, 0) is 38.5 Å². The second-order valence-electron chi connectivity index (χ2n) is 4.28. The monoisotopic (exact) mass is 208 g/mol. The van der Waals surface area contributed by atoms with Crippen LogP contribution in [0.1, 0.15) is 6.42 Å². The van der Waals surface area contributed by atoms with E-state index in [0.29, 0.717) is 0 Å². The second kappa shape index (κ2) is 5.28. The molecule has 4 nitrogen and oxygen atoms in total. The highest BCUT2D eigenvalue weighted by atomic mass is 15.3. The van der Waals surface area contributed by atoms with E-state index in [-0.39, 0.29) is 0 Å². The maximum absolute atomic E-state index is 4.21. The Morgan fingerprint density at radius 3 is 3.13 bits per heavy atom. The Labute approximate surface area is 91.3 Å². The van der Waals surface area contributed by atoms with Crippen LogP contribution in [0.3, 0.4) is 0 Å². The van der Waals surface area contributed by atoms with Crippen molar-refractivity contribution in [3.05, 3.63) is 18.5 Å². The minimum absolute atomic E-state index is 0.840. The number of aromatic nitrogens is 2. The van der Waals surface area contributed by atoms with Crippen LogP contribution in [0.2, 0.25) is 0 Å². The van der Waals surface area contributed by atoms with Crippen LogP contribution in [0.4, 0.5) is 0 Å². The zero-order valence-corrected chi connectivity index (χ0v) is 9.39. The summed E-state index contributed by atoms with van der Waals surface area (Å²) in [7, 11) is 2.03. The lowest BCUT2D eigenvalue weighted by Gasteiger charge is -2.15. The van der Waals surface area contributed by atoms with E-state index in [1.807, 2.05) is 30.2 Å². The summed E-state index contributed by atoms with van der Waals surface area (Å²) in [5.41, 5.74) is 0. The fraction of sp³-hybridized carbons (Fsp3) is 0.727. The number of likely N-dealkylation sites (tertiary alicyclic amines) is 1. The molecule has 2 heterocycles. The maximum Gasteiger partial charge on any atom is 0.0536 e. The molecule has 0 spiro atoms. The Balaban J connectivity index is 1.69. The first-order valence-corrected chi connectivity index (χ1v) is 5.73. The van der Waals surface area contributed by atoms with Crippen molar-refractivity contribution in [2.75, 3.05) is 33.2 Å². The topological polar surface area (TPSA) is 33.1 Å². The van der Waals surface area contributed by atoms with Gasteiger partial charge in [0.2, 0.25) is 0 Å². The maximum atomic E-state index is 4.21. The Morgan fingerprint density at radius 2 is 2.40 bits per heavy atom. The Bertz CT molecular complexity index is 270. The highest BCUT2D eigenvalue weighted by Gasteiger charge is 2.20. The molecule has 1 atom stereocenters. The van der Waals surface area contributed by atoms with E-state index in [9.17, 15) is 0 Å². The van der Waals surface area contributed by atoms with Crippen LogP contribution in [0, 0.1) is 5.92 Å². The molecule has 1 aliphatic rings. The predicted molar refractivity (Wildman–Crippen MR) is 60.7 cm³/mol. The summed E-state index contributed by atoms with van der Waals surface area (Å²) < 4.78 is 2.01. The highest BCUT2D eigenvalue weighted by molar-refractivity contribution is 4.80. The highest BCUT2D eigenvalue weighted by Crippen LogP contribution is 2.14. The van der Waals surface area contributed by atoms with Gasteiger partial charge in [0.15, 0.2) is 0 Å². The molecule has 1 N–H and O–H groups in total. The van der Waals surface area contributed by atoms with Crippen LogP contribution in [0.25, 0.3) is 0 Å². The van der Waals surface area contributed by atoms with Crippen molar-refractivity contribution in [2.24, 2.45) is 5.92 Å². The van der Waals surface area contributed by atoms with E-state index in [0.717, 1.165) is 25.6 Å². The van der Waals surface area contributed by atoms with E-state index in [2.05, 4.69) is 15.3 Å². The van der Waals surface area contributed by atoms with Gasteiger partial charge in [0, 0.05) is 25.5 Å². The summed E-state index contributed by atoms with van der Waals surface area (Å²) in [6.07, 6.45) is 5.20. The first-order valence-electron chi connectivity index (χ1n) is 5.73. The number of nitrogens with one attached hydrogen (secondary N) is 1. The molecular formula is C11H20N4. The first kappa shape index (κ1) is 10.6. The molecule has 0 bridgehead atoms. The number of hydrogen-bond acceptors (Lipinski definition) is 3. The summed E-state index contributed by atoms with van der Waals surface area (Å²) in [5.74, 6) is 0.840. The molecule has 0 aliphatic carbocycles. The third-order valence-electron chi connectivity index (χ3n) is 3.07. The standard InChI is InChI=1S/C11H20N4/c1-12-9-11-3-6-14(10-11)7-8-15-5-2-4-13-15/h2,4-5,11-12H,3,6-10H2,1H3. The average molecular weight is 208 g/mol. The smallest absolute Gasteiger partial charge is 0.0536 e. The normalized spacial score (nSPS) is 22.3.